The van der Waals surface area contributed by atoms with Gasteiger partial charge in [-0.05, 0) is 37.3 Å². The molecule has 0 saturated carbocycles. The Morgan fingerprint density at radius 3 is 2.73 bits per heavy atom. The van der Waals surface area contributed by atoms with Crippen LogP contribution in [0.4, 0.5) is 0 Å². The summed E-state index contributed by atoms with van der Waals surface area (Å²) in [6, 6.07) is 1.95. The van der Waals surface area contributed by atoms with Crippen LogP contribution in [0.3, 0.4) is 0 Å². The number of aryl methyl sites for hydroxylation is 1. The highest BCUT2D eigenvalue weighted by Gasteiger charge is 2.24. The molecule has 1 unspecified atom stereocenters. The quantitative estimate of drug-likeness (QED) is 0.811. The van der Waals surface area contributed by atoms with Crippen molar-refractivity contribution < 1.29 is 4.79 Å². The first-order valence-corrected chi connectivity index (χ1v) is 6.36. The molecule has 1 aromatic rings. The second kappa shape index (κ2) is 4.99. The fraction of sp³-hybridized carbons (Fsp3) is 0.545. The predicted octanol–water partition coefficient (Wildman–Crippen LogP) is 3.19. The lowest BCUT2D eigenvalue weighted by Crippen LogP contribution is -2.47. The highest BCUT2D eigenvalue weighted by Crippen LogP contribution is 2.18. The average molecular weight is 246 g/mol. The third-order valence-corrected chi connectivity index (χ3v) is 4.16. The van der Waals surface area contributed by atoms with E-state index in [0.717, 1.165) is 16.9 Å². The Kier molecular flexibility index (Phi) is 4.17. The van der Waals surface area contributed by atoms with Gasteiger partial charge in [0.1, 0.15) is 0 Å². The SMILES string of the molecule is CCC(C)(CCl)NC(=O)c1sccc1C. The molecule has 0 aliphatic rings. The fourth-order valence-electron chi connectivity index (χ4n) is 1.15. The zero-order valence-electron chi connectivity index (χ0n) is 9.26. The van der Waals surface area contributed by atoms with Gasteiger partial charge in [-0.15, -0.1) is 22.9 Å². The number of alkyl halides is 1. The van der Waals surface area contributed by atoms with Crippen molar-refractivity contribution in [3.63, 3.8) is 0 Å². The minimum atomic E-state index is -0.310. The summed E-state index contributed by atoms with van der Waals surface area (Å²) in [5, 5.41) is 4.90. The number of carbonyl (C=O) groups excluding carboxylic acids is 1. The first-order valence-electron chi connectivity index (χ1n) is 4.95. The van der Waals surface area contributed by atoms with Crippen LogP contribution in [0.25, 0.3) is 0 Å². The normalized spacial score (nSPS) is 14.7. The van der Waals surface area contributed by atoms with Crippen molar-refractivity contribution in [1.82, 2.24) is 5.32 Å². The minimum Gasteiger partial charge on any atom is -0.345 e. The molecule has 0 spiro atoms. The highest BCUT2D eigenvalue weighted by atomic mass is 35.5. The van der Waals surface area contributed by atoms with Crippen molar-refractivity contribution in [2.24, 2.45) is 0 Å². The molecule has 0 aliphatic carbocycles. The highest BCUT2D eigenvalue weighted by molar-refractivity contribution is 7.12. The Morgan fingerprint density at radius 2 is 2.33 bits per heavy atom. The zero-order chi connectivity index (χ0) is 11.5. The third kappa shape index (κ3) is 2.95. The molecule has 1 rings (SSSR count). The summed E-state index contributed by atoms with van der Waals surface area (Å²) < 4.78 is 0. The summed E-state index contributed by atoms with van der Waals surface area (Å²) in [5.41, 5.74) is 0.709. The molecule has 0 saturated heterocycles. The van der Waals surface area contributed by atoms with Crippen LogP contribution in [-0.2, 0) is 0 Å². The van der Waals surface area contributed by atoms with Gasteiger partial charge in [-0.3, -0.25) is 4.79 Å². The van der Waals surface area contributed by atoms with Gasteiger partial charge in [0.25, 0.3) is 5.91 Å². The van der Waals surface area contributed by atoms with E-state index in [-0.39, 0.29) is 11.4 Å². The van der Waals surface area contributed by atoms with Crippen LogP contribution in [0.5, 0.6) is 0 Å². The molecule has 1 atom stereocenters. The number of amides is 1. The smallest absolute Gasteiger partial charge is 0.262 e. The molecule has 1 amide bonds. The van der Waals surface area contributed by atoms with Gasteiger partial charge in [0.2, 0.25) is 0 Å². The largest absolute Gasteiger partial charge is 0.345 e. The molecule has 4 heteroatoms. The fourth-order valence-corrected chi connectivity index (χ4v) is 2.23. The van der Waals surface area contributed by atoms with Gasteiger partial charge < -0.3 is 5.32 Å². The maximum absolute atomic E-state index is 11.9. The maximum atomic E-state index is 11.9. The van der Waals surface area contributed by atoms with Crippen molar-refractivity contribution in [1.29, 1.82) is 0 Å². The molecule has 0 bridgehead atoms. The third-order valence-electron chi connectivity index (χ3n) is 2.56. The molecule has 2 nitrogen and oxygen atoms in total. The lowest BCUT2D eigenvalue weighted by molar-refractivity contribution is 0.0916. The molecule has 15 heavy (non-hydrogen) atoms. The summed E-state index contributed by atoms with van der Waals surface area (Å²) >= 11 is 7.31. The van der Waals surface area contributed by atoms with Crippen molar-refractivity contribution in [2.45, 2.75) is 32.7 Å². The summed E-state index contributed by atoms with van der Waals surface area (Å²) in [4.78, 5) is 12.7. The monoisotopic (exact) mass is 245 g/mol. The van der Waals surface area contributed by atoms with Crippen LogP contribution in [0.2, 0.25) is 0 Å². The van der Waals surface area contributed by atoms with E-state index in [1.54, 1.807) is 0 Å². The van der Waals surface area contributed by atoms with Gasteiger partial charge in [0.05, 0.1) is 10.4 Å². The van der Waals surface area contributed by atoms with E-state index in [1.165, 1.54) is 11.3 Å². The van der Waals surface area contributed by atoms with E-state index in [4.69, 9.17) is 11.6 Å². The maximum Gasteiger partial charge on any atom is 0.262 e. The number of carbonyl (C=O) groups is 1. The number of hydrogen-bond acceptors (Lipinski definition) is 2. The Bertz CT molecular complexity index is 344. The standard InChI is InChI=1S/C11H16ClNOS/c1-4-11(3,7-12)13-10(14)9-8(2)5-6-15-9/h5-6H,4,7H2,1-3H3,(H,13,14). The zero-order valence-corrected chi connectivity index (χ0v) is 10.8. The molecule has 1 aromatic heterocycles. The van der Waals surface area contributed by atoms with Gasteiger partial charge in [-0.2, -0.15) is 0 Å². The molecule has 1 heterocycles. The second-order valence-electron chi connectivity index (χ2n) is 3.93. The summed E-state index contributed by atoms with van der Waals surface area (Å²) in [7, 11) is 0. The first kappa shape index (κ1) is 12.5. The summed E-state index contributed by atoms with van der Waals surface area (Å²) in [6.45, 7) is 5.92. The van der Waals surface area contributed by atoms with Gasteiger partial charge >= 0.3 is 0 Å². The summed E-state index contributed by atoms with van der Waals surface area (Å²) in [5.74, 6) is 0.409. The predicted molar refractivity (Wildman–Crippen MR) is 65.9 cm³/mol. The Morgan fingerprint density at radius 1 is 1.67 bits per heavy atom. The van der Waals surface area contributed by atoms with E-state index in [1.807, 2.05) is 32.2 Å². The Balaban J connectivity index is 2.76. The molecular formula is C11H16ClNOS. The van der Waals surface area contributed by atoms with Crippen LogP contribution >= 0.6 is 22.9 Å². The first-order chi connectivity index (χ1) is 7.02. The van der Waals surface area contributed by atoms with E-state index >= 15 is 0 Å². The van der Waals surface area contributed by atoms with Crippen molar-refractivity contribution in [3.05, 3.63) is 21.9 Å². The van der Waals surface area contributed by atoms with Gasteiger partial charge in [-0.25, -0.2) is 0 Å². The molecule has 0 fully saturated rings. The van der Waals surface area contributed by atoms with Crippen molar-refractivity contribution in [3.8, 4) is 0 Å². The van der Waals surface area contributed by atoms with Crippen LogP contribution in [0.15, 0.2) is 11.4 Å². The van der Waals surface area contributed by atoms with E-state index in [2.05, 4.69) is 5.32 Å². The Labute approximate surface area is 99.6 Å². The summed E-state index contributed by atoms with van der Waals surface area (Å²) in [6.07, 6.45) is 0.826. The second-order valence-corrected chi connectivity index (χ2v) is 5.12. The number of rotatable bonds is 4. The van der Waals surface area contributed by atoms with Crippen LogP contribution in [0, 0.1) is 6.92 Å². The van der Waals surface area contributed by atoms with Crippen LogP contribution in [-0.4, -0.2) is 17.3 Å². The number of nitrogens with one attached hydrogen (secondary N) is 1. The lowest BCUT2D eigenvalue weighted by Gasteiger charge is -2.26. The molecular weight excluding hydrogens is 230 g/mol. The van der Waals surface area contributed by atoms with Gasteiger partial charge in [0.15, 0.2) is 0 Å². The lowest BCUT2D eigenvalue weighted by atomic mass is 10.0. The van der Waals surface area contributed by atoms with Crippen molar-refractivity contribution in [2.75, 3.05) is 5.88 Å². The van der Waals surface area contributed by atoms with Gasteiger partial charge in [0, 0.05) is 5.88 Å². The number of halogens is 1. The van der Waals surface area contributed by atoms with Gasteiger partial charge in [-0.1, -0.05) is 6.92 Å². The molecule has 0 radical (unpaired) electrons. The van der Waals surface area contributed by atoms with E-state index < -0.39 is 0 Å². The topological polar surface area (TPSA) is 29.1 Å². The molecule has 0 aromatic carbocycles. The number of hydrogen-bond donors (Lipinski definition) is 1. The van der Waals surface area contributed by atoms with E-state index in [0.29, 0.717) is 5.88 Å². The molecule has 1 N–H and O–H groups in total. The van der Waals surface area contributed by atoms with Crippen molar-refractivity contribution >= 4 is 28.8 Å². The average Bonchev–Trinajstić information content (AvgIpc) is 2.64. The number of thiophene rings is 1. The molecule has 0 aliphatic heterocycles. The van der Waals surface area contributed by atoms with E-state index in [9.17, 15) is 4.79 Å². The van der Waals surface area contributed by atoms with Crippen LogP contribution < -0.4 is 5.32 Å². The molecule has 84 valence electrons. The minimum absolute atomic E-state index is 0.0208. The Hall–Kier alpha value is -0.540. The van der Waals surface area contributed by atoms with Crippen LogP contribution in [0.1, 0.15) is 35.5 Å².